The van der Waals surface area contributed by atoms with Crippen LogP contribution in [0.3, 0.4) is 0 Å². The van der Waals surface area contributed by atoms with Crippen molar-refractivity contribution in [2.24, 2.45) is 5.92 Å². The Morgan fingerprint density at radius 1 is 1.24 bits per heavy atom. The van der Waals surface area contributed by atoms with E-state index in [1.807, 2.05) is 50.5 Å². The van der Waals surface area contributed by atoms with E-state index < -0.39 is 0 Å². The Kier molecular flexibility index (Phi) is 3.43. The lowest BCUT2D eigenvalue weighted by atomic mass is 9.97. The largest absolute Gasteiger partial charge is 0.380 e. The van der Waals surface area contributed by atoms with Gasteiger partial charge in [-0.3, -0.25) is 4.79 Å². The van der Waals surface area contributed by atoms with Crippen molar-refractivity contribution in [2.45, 2.75) is 6.42 Å². The Hall–Kier alpha value is -1.83. The molecule has 0 amide bonds. The molecule has 0 bridgehead atoms. The van der Waals surface area contributed by atoms with Gasteiger partial charge in [-0.2, -0.15) is 0 Å². The standard InChI is InChI=1S/C15H17NO/c1-16(2)14-10-6-9-13(14)11-15(17)12-7-4-3-5-8-12/h3-10,13H,11H2,1-2H3. The van der Waals surface area contributed by atoms with E-state index in [1.54, 1.807) is 0 Å². The number of hydrogen-bond acceptors (Lipinski definition) is 2. The van der Waals surface area contributed by atoms with Gasteiger partial charge in [-0.25, -0.2) is 0 Å². The average molecular weight is 227 g/mol. The summed E-state index contributed by atoms with van der Waals surface area (Å²) in [4.78, 5) is 14.2. The van der Waals surface area contributed by atoms with E-state index in [1.165, 1.54) is 5.70 Å². The van der Waals surface area contributed by atoms with Crippen LogP contribution in [0.25, 0.3) is 0 Å². The quantitative estimate of drug-likeness (QED) is 0.737. The minimum Gasteiger partial charge on any atom is -0.380 e. The summed E-state index contributed by atoms with van der Waals surface area (Å²) in [5.41, 5.74) is 2.00. The molecule has 2 heteroatoms. The van der Waals surface area contributed by atoms with Gasteiger partial charge in [0.1, 0.15) is 0 Å². The molecule has 1 unspecified atom stereocenters. The molecule has 2 rings (SSSR count). The van der Waals surface area contributed by atoms with E-state index in [2.05, 4.69) is 17.1 Å². The number of hydrogen-bond donors (Lipinski definition) is 0. The number of rotatable bonds is 4. The highest BCUT2D eigenvalue weighted by Gasteiger charge is 2.20. The van der Waals surface area contributed by atoms with Crippen LogP contribution < -0.4 is 0 Å². The van der Waals surface area contributed by atoms with Crippen molar-refractivity contribution in [3.05, 3.63) is 59.8 Å². The first-order valence-electron chi connectivity index (χ1n) is 5.82. The lowest BCUT2D eigenvalue weighted by Crippen LogP contribution is -2.18. The molecule has 1 atom stereocenters. The molecule has 1 aromatic carbocycles. The highest BCUT2D eigenvalue weighted by Crippen LogP contribution is 2.25. The average Bonchev–Trinajstić information content (AvgIpc) is 2.78. The number of nitrogens with zero attached hydrogens (tertiary/aromatic N) is 1. The molecule has 0 radical (unpaired) electrons. The summed E-state index contributed by atoms with van der Waals surface area (Å²) in [6.45, 7) is 0. The van der Waals surface area contributed by atoms with Gasteiger partial charge in [-0.05, 0) is 6.08 Å². The number of Topliss-reactive ketones (excluding diaryl/α,β-unsaturated/α-hetero) is 1. The number of allylic oxidation sites excluding steroid dienone is 3. The fraction of sp³-hybridized carbons (Fsp3) is 0.267. The van der Waals surface area contributed by atoms with Crippen molar-refractivity contribution in [1.29, 1.82) is 0 Å². The predicted molar refractivity (Wildman–Crippen MR) is 69.8 cm³/mol. The monoisotopic (exact) mass is 227 g/mol. The molecule has 0 aliphatic heterocycles. The van der Waals surface area contributed by atoms with Crippen LogP contribution in [0.5, 0.6) is 0 Å². The molecule has 0 saturated heterocycles. The van der Waals surface area contributed by atoms with Crippen molar-refractivity contribution in [2.75, 3.05) is 14.1 Å². The van der Waals surface area contributed by atoms with Crippen molar-refractivity contribution < 1.29 is 4.79 Å². The maximum atomic E-state index is 12.1. The van der Waals surface area contributed by atoms with Crippen molar-refractivity contribution in [1.82, 2.24) is 4.90 Å². The maximum absolute atomic E-state index is 12.1. The highest BCUT2D eigenvalue weighted by atomic mass is 16.1. The van der Waals surface area contributed by atoms with Crippen LogP contribution in [0, 0.1) is 5.92 Å². The molecular weight excluding hydrogens is 210 g/mol. The van der Waals surface area contributed by atoms with E-state index in [-0.39, 0.29) is 11.7 Å². The molecule has 1 aromatic rings. The third-order valence-electron chi connectivity index (χ3n) is 3.01. The third-order valence-corrected chi connectivity index (χ3v) is 3.01. The Bertz CT molecular complexity index is 457. The number of ketones is 1. The minimum absolute atomic E-state index is 0.204. The second-order valence-electron chi connectivity index (χ2n) is 4.47. The summed E-state index contributed by atoms with van der Waals surface area (Å²) in [5, 5.41) is 0. The van der Waals surface area contributed by atoms with Crippen molar-refractivity contribution in [3.63, 3.8) is 0 Å². The fourth-order valence-corrected chi connectivity index (χ4v) is 2.11. The molecule has 2 nitrogen and oxygen atoms in total. The Morgan fingerprint density at radius 2 is 1.94 bits per heavy atom. The van der Waals surface area contributed by atoms with Crippen molar-refractivity contribution in [3.8, 4) is 0 Å². The topological polar surface area (TPSA) is 20.3 Å². The van der Waals surface area contributed by atoms with Gasteiger partial charge in [0.05, 0.1) is 0 Å². The second-order valence-corrected chi connectivity index (χ2v) is 4.47. The summed E-state index contributed by atoms with van der Waals surface area (Å²) < 4.78 is 0. The molecule has 1 aliphatic rings. The maximum Gasteiger partial charge on any atom is 0.163 e. The van der Waals surface area contributed by atoms with Crippen LogP contribution in [0.15, 0.2) is 54.3 Å². The molecule has 0 saturated carbocycles. The van der Waals surface area contributed by atoms with Crippen LogP contribution >= 0.6 is 0 Å². The first-order chi connectivity index (χ1) is 8.18. The summed E-state index contributed by atoms with van der Waals surface area (Å²) in [7, 11) is 4.03. The lowest BCUT2D eigenvalue weighted by molar-refractivity contribution is 0.0971. The van der Waals surface area contributed by atoms with E-state index >= 15 is 0 Å². The van der Waals surface area contributed by atoms with E-state index in [0.29, 0.717) is 6.42 Å². The second kappa shape index (κ2) is 5.00. The van der Waals surface area contributed by atoms with Gasteiger partial charge in [-0.15, -0.1) is 0 Å². The highest BCUT2D eigenvalue weighted by molar-refractivity contribution is 5.96. The van der Waals surface area contributed by atoms with Crippen LogP contribution in [-0.4, -0.2) is 24.8 Å². The zero-order chi connectivity index (χ0) is 12.3. The molecule has 0 N–H and O–H groups in total. The van der Waals surface area contributed by atoms with Gasteiger partial charge in [0.25, 0.3) is 0 Å². The zero-order valence-electron chi connectivity index (χ0n) is 10.3. The van der Waals surface area contributed by atoms with E-state index in [9.17, 15) is 4.79 Å². The molecule has 0 spiro atoms. The van der Waals surface area contributed by atoms with Gasteiger partial charge < -0.3 is 4.90 Å². The molecule has 88 valence electrons. The van der Waals surface area contributed by atoms with Crippen LogP contribution in [0.4, 0.5) is 0 Å². The fourth-order valence-electron chi connectivity index (χ4n) is 2.11. The predicted octanol–water partition coefficient (Wildman–Crippen LogP) is 2.89. The van der Waals surface area contributed by atoms with E-state index in [4.69, 9.17) is 0 Å². The summed E-state index contributed by atoms with van der Waals surface area (Å²) >= 11 is 0. The van der Waals surface area contributed by atoms with Gasteiger partial charge in [0, 0.05) is 37.7 Å². The minimum atomic E-state index is 0.204. The summed E-state index contributed by atoms with van der Waals surface area (Å²) in [5.74, 6) is 0.424. The molecule has 1 aliphatic carbocycles. The summed E-state index contributed by atoms with van der Waals surface area (Å²) in [6, 6.07) is 9.48. The SMILES string of the molecule is CN(C)C1=CC=CC1CC(=O)c1ccccc1. The number of benzene rings is 1. The van der Waals surface area contributed by atoms with Gasteiger partial charge in [0.2, 0.25) is 0 Å². The molecular formula is C15H17NO. The Labute approximate surface area is 102 Å². The lowest BCUT2D eigenvalue weighted by Gasteiger charge is -2.20. The first kappa shape index (κ1) is 11.6. The number of carbonyl (C=O) groups is 1. The van der Waals surface area contributed by atoms with Crippen molar-refractivity contribution >= 4 is 5.78 Å². The van der Waals surface area contributed by atoms with Crippen LogP contribution in [0.2, 0.25) is 0 Å². The van der Waals surface area contributed by atoms with Gasteiger partial charge in [0.15, 0.2) is 5.78 Å². The van der Waals surface area contributed by atoms with Crippen LogP contribution in [0.1, 0.15) is 16.8 Å². The first-order valence-corrected chi connectivity index (χ1v) is 5.82. The Balaban J connectivity index is 2.05. The van der Waals surface area contributed by atoms with E-state index in [0.717, 1.165) is 5.56 Å². The zero-order valence-corrected chi connectivity index (χ0v) is 10.3. The molecule has 0 heterocycles. The number of carbonyl (C=O) groups excluding carboxylic acids is 1. The smallest absolute Gasteiger partial charge is 0.163 e. The van der Waals surface area contributed by atoms with Gasteiger partial charge in [-0.1, -0.05) is 42.5 Å². The van der Waals surface area contributed by atoms with Crippen LogP contribution in [-0.2, 0) is 0 Å². The summed E-state index contributed by atoms with van der Waals surface area (Å²) in [6.07, 6.45) is 6.74. The molecule has 0 fully saturated rings. The third kappa shape index (κ3) is 2.64. The normalized spacial score (nSPS) is 18.0. The van der Waals surface area contributed by atoms with Gasteiger partial charge >= 0.3 is 0 Å². The molecule has 0 aromatic heterocycles. The Morgan fingerprint density at radius 3 is 2.59 bits per heavy atom. The molecule has 17 heavy (non-hydrogen) atoms.